The number of rotatable bonds is 7. The Hall–Kier alpha value is -1.28. The van der Waals surface area contributed by atoms with Crippen molar-refractivity contribution in [1.82, 2.24) is 15.0 Å². The number of anilines is 2. The van der Waals surface area contributed by atoms with Crippen LogP contribution in [-0.4, -0.2) is 38.1 Å². The van der Waals surface area contributed by atoms with Crippen LogP contribution in [0, 0.1) is 0 Å². The molecule has 0 amide bonds. The van der Waals surface area contributed by atoms with E-state index in [0.717, 1.165) is 23.8 Å². The SMILES string of the molecule is CCSC1CCC(Nc2nc(NN)nc(OC(C)C)n2)C1. The lowest BCUT2D eigenvalue weighted by atomic mass is 10.2. The molecule has 1 aliphatic rings. The van der Waals surface area contributed by atoms with Crippen molar-refractivity contribution in [2.75, 3.05) is 16.5 Å². The molecule has 1 aromatic rings. The predicted molar refractivity (Wildman–Crippen MR) is 86.6 cm³/mol. The molecule has 2 unspecified atom stereocenters. The number of thioether (sulfide) groups is 1. The summed E-state index contributed by atoms with van der Waals surface area (Å²) in [5.41, 5.74) is 2.45. The Morgan fingerprint density at radius 1 is 1.29 bits per heavy atom. The molecule has 0 radical (unpaired) electrons. The van der Waals surface area contributed by atoms with Crippen LogP contribution in [0.15, 0.2) is 0 Å². The molecule has 118 valence electrons. The standard InChI is InChI=1S/C13H24N6OS/c1-4-21-10-6-5-9(7-10)15-11-16-12(19-14)18-13(17-11)20-8(2)3/h8-10H,4-7,14H2,1-3H3,(H2,15,16,17,18,19). The summed E-state index contributed by atoms with van der Waals surface area (Å²) in [7, 11) is 0. The van der Waals surface area contributed by atoms with E-state index in [1.807, 2.05) is 25.6 Å². The molecule has 1 aromatic heterocycles. The van der Waals surface area contributed by atoms with Gasteiger partial charge < -0.3 is 10.1 Å². The largest absolute Gasteiger partial charge is 0.461 e. The number of nitrogens with two attached hydrogens (primary N) is 1. The highest BCUT2D eigenvalue weighted by Crippen LogP contribution is 2.31. The molecular weight excluding hydrogens is 288 g/mol. The number of hydrogen-bond donors (Lipinski definition) is 3. The summed E-state index contributed by atoms with van der Waals surface area (Å²) in [6.07, 6.45) is 3.51. The van der Waals surface area contributed by atoms with Gasteiger partial charge in [-0.3, -0.25) is 5.43 Å². The number of ether oxygens (including phenoxy) is 1. The summed E-state index contributed by atoms with van der Waals surface area (Å²) >= 11 is 2.02. The number of aromatic nitrogens is 3. The molecule has 2 atom stereocenters. The number of nitrogens with zero attached hydrogens (tertiary/aromatic N) is 3. The lowest BCUT2D eigenvalue weighted by Crippen LogP contribution is -2.21. The molecule has 0 aromatic carbocycles. The van der Waals surface area contributed by atoms with Crippen LogP contribution in [-0.2, 0) is 0 Å². The fourth-order valence-corrected chi connectivity index (χ4v) is 3.53. The molecule has 1 heterocycles. The maximum Gasteiger partial charge on any atom is 0.323 e. The molecular formula is C13H24N6OS. The van der Waals surface area contributed by atoms with E-state index in [4.69, 9.17) is 10.6 Å². The quantitative estimate of drug-likeness (QED) is 0.520. The van der Waals surface area contributed by atoms with Crippen molar-refractivity contribution in [2.24, 2.45) is 5.84 Å². The number of nitrogens with one attached hydrogen (secondary N) is 2. The lowest BCUT2D eigenvalue weighted by Gasteiger charge is -2.15. The van der Waals surface area contributed by atoms with E-state index in [2.05, 4.69) is 32.6 Å². The van der Waals surface area contributed by atoms with E-state index in [1.165, 1.54) is 6.42 Å². The maximum absolute atomic E-state index is 5.52. The summed E-state index contributed by atoms with van der Waals surface area (Å²) < 4.78 is 5.52. The summed E-state index contributed by atoms with van der Waals surface area (Å²) in [5.74, 6) is 7.38. The van der Waals surface area contributed by atoms with Crippen LogP contribution >= 0.6 is 11.8 Å². The molecule has 0 spiro atoms. The van der Waals surface area contributed by atoms with E-state index >= 15 is 0 Å². The average molecular weight is 312 g/mol. The van der Waals surface area contributed by atoms with Crippen LogP contribution in [0.3, 0.4) is 0 Å². The van der Waals surface area contributed by atoms with Crippen LogP contribution in [0.5, 0.6) is 6.01 Å². The minimum Gasteiger partial charge on any atom is -0.461 e. The molecule has 0 saturated heterocycles. The van der Waals surface area contributed by atoms with Crippen molar-refractivity contribution in [3.05, 3.63) is 0 Å². The second kappa shape index (κ2) is 7.65. The number of hydrogen-bond acceptors (Lipinski definition) is 8. The highest BCUT2D eigenvalue weighted by atomic mass is 32.2. The molecule has 0 bridgehead atoms. The van der Waals surface area contributed by atoms with E-state index in [1.54, 1.807) is 0 Å². The first-order chi connectivity index (χ1) is 10.1. The van der Waals surface area contributed by atoms with Gasteiger partial charge in [0.15, 0.2) is 0 Å². The van der Waals surface area contributed by atoms with Gasteiger partial charge in [-0.15, -0.1) is 0 Å². The Morgan fingerprint density at radius 2 is 2.05 bits per heavy atom. The molecule has 8 heteroatoms. The Bertz CT molecular complexity index is 458. The van der Waals surface area contributed by atoms with Crippen LogP contribution in [0.4, 0.5) is 11.9 Å². The Kier molecular flexibility index (Phi) is 5.86. The zero-order valence-corrected chi connectivity index (χ0v) is 13.6. The maximum atomic E-state index is 5.52. The zero-order valence-electron chi connectivity index (χ0n) is 12.8. The first-order valence-electron chi connectivity index (χ1n) is 7.38. The highest BCUT2D eigenvalue weighted by molar-refractivity contribution is 7.99. The summed E-state index contributed by atoms with van der Waals surface area (Å²) in [6.45, 7) is 6.05. The van der Waals surface area contributed by atoms with E-state index in [0.29, 0.717) is 17.9 Å². The van der Waals surface area contributed by atoms with Crippen LogP contribution in [0.2, 0.25) is 0 Å². The van der Waals surface area contributed by atoms with Crippen molar-refractivity contribution < 1.29 is 4.74 Å². The van der Waals surface area contributed by atoms with Crippen LogP contribution in [0.25, 0.3) is 0 Å². The van der Waals surface area contributed by atoms with Crippen molar-refractivity contribution in [2.45, 2.75) is 57.4 Å². The fourth-order valence-electron chi connectivity index (χ4n) is 2.39. The second-order valence-electron chi connectivity index (χ2n) is 5.31. The molecule has 21 heavy (non-hydrogen) atoms. The third-order valence-corrected chi connectivity index (χ3v) is 4.44. The van der Waals surface area contributed by atoms with Gasteiger partial charge >= 0.3 is 6.01 Å². The van der Waals surface area contributed by atoms with Gasteiger partial charge in [-0.2, -0.15) is 26.7 Å². The zero-order chi connectivity index (χ0) is 15.2. The minimum absolute atomic E-state index is 0.00249. The summed E-state index contributed by atoms with van der Waals surface area (Å²) in [6, 6.07) is 0.682. The number of nitrogen functional groups attached to an aromatic ring is 1. The fraction of sp³-hybridized carbons (Fsp3) is 0.769. The van der Waals surface area contributed by atoms with E-state index in [-0.39, 0.29) is 12.1 Å². The predicted octanol–water partition coefficient (Wildman–Crippen LogP) is 2.03. The van der Waals surface area contributed by atoms with Gasteiger partial charge in [-0.1, -0.05) is 6.92 Å². The Balaban J connectivity index is 2.02. The molecule has 1 fully saturated rings. The first-order valence-corrected chi connectivity index (χ1v) is 8.43. The van der Waals surface area contributed by atoms with Crippen LogP contribution in [0.1, 0.15) is 40.0 Å². The monoisotopic (exact) mass is 312 g/mol. The third-order valence-electron chi connectivity index (χ3n) is 3.21. The summed E-state index contributed by atoms with van der Waals surface area (Å²) in [5, 5.41) is 4.10. The summed E-state index contributed by atoms with van der Waals surface area (Å²) in [4.78, 5) is 12.6. The molecule has 1 saturated carbocycles. The molecule has 4 N–H and O–H groups in total. The van der Waals surface area contributed by atoms with Gasteiger partial charge in [0.25, 0.3) is 0 Å². The van der Waals surface area contributed by atoms with Crippen molar-refractivity contribution >= 4 is 23.7 Å². The van der Waals surface area contributed by atoms with Gasteiger partial charge in [0.1, 0.15) is 0 Å². The van der Waals surface area contributed by atoms with Gasteiger partial charge in [0.2, 0.25) is 11.9 Å². The average Bonchev–Trinajstić information content (AvgIpc) is 2.85. The third kappa shape index (κ3) is 4.89. The smallest absolute Gasteiger partial charge is 0.323 e. The van der Waals surface area contributed by atoms with E-state index in [9.17, 15) is 0 Å². The lowest BCUT2D eigenvalue weighted by molar-refractivity contribution is 0.222. The minimum atomic E-state index is 0.00249. The second-order valence-corrected chi connectivity index (χ2v) is 6.89. The van der Waals surface area contributed by atoms with Gasteiger partial charge in [0, 0.05) is 11.3 Å². The van der Waals surface area contributed by atoms with Crippen molar-refractivity contribution in [3.8, 4) is 6.01 Å². The van der Waals surface area contributed by atoms with Gasteiger partial charge in [-0.05, 0) is 38.9 Å². The molecule has 1 aliphatic carbocycles. The first kappa shape index (κ1) is 16.1. The topological polar surface area (TPSA) is 98.0 Å². The van der Waals surface area contributed by atoms with Gasteiger partial charge in [-0.25, -0.2) is 5.84 Å². The van der Waals surface area contributed by atoms with Gasteiger partial charge in [0.05, 0.1) is 6.10 Å². The normalized spacial score (nSPS) is 21.6. The van der Waals surface area contributed by atoms with Crippen molar-refractivity contribution in [1.29, 1.82) is 0 Å². The van der Waals surface area contributed by atoms with Crippen molar-refractivity contribution in [3.63, 3.8) is 0 Å². The Morgan fingerprint density at radius 3 is 2.71 bits per heavy atom. The molecule has 0 aliphatic heterocycles. The number of hydrazine groups is 1. The van der Waals surface area contributed by atoms with E-state index < -0.39 is 0 Å². The highest BCUT2D eigenvalue weighted by Gasteiger charge is 2.25. The molecule has 7 nitrogen and oxygen atoms in total. The Labute approximate surface area is 129 Å². The van der Waals surface area contributed by atoms with Crippen LogP contribution < -0.4 is 21.3 Å². The molecule has 2 rings (SSSR count).